The summed E-state index contributed by atoms with van der Waals surface area (Å²) in [5.74, 6) is 0.679. The molecule has 2 heterocycles. The fourth-order valence-corrected chi connectivity index (χ4v) is 2.75. The Labute approximate surface area is 117 Å². The Bertz CT molecular complexity index is 390. The van der Waals surface area contributed by atoms with E-state index in [4.69, 9.17) is 0 Å². The molecule has 3 heteroatoms. The van der Waals surface area contributed by atoms with Crippen molar-refractivity contribution in [1.29, 1.82) is 0 Å². The van der Waals surface area contributed by atoms with E-state index < -0.39 is 0 Å². The van der Waals surface area contributed by atoms with Crippen LogP contribution in [0.15, 0.2) is 24.5 Å². The molecule has 0 bridgehead atoms. The highest BCUT2D eigenvalue weighted by Gasteiger charge is 2.36. The van der Waals surface area contributed by atoms with Crippen LogP contribution in [0.3, 0.4) is 0 Å². The predicted molar refractivity (Wildman–Crippen MR) is 80.0 cm³/mol. The summed E-state index contributed by atoms with van der Waals surface area (Å²) in [5, 5.41) is 3.72. The van der Waals surface area contributed by atoms with Crippen LogP contribution >= 0.6 is 0 Å². The molecule has 0 aromatic carbocycles. The van der Waals surface area contributed by atoms with E-state index in [0.717, 1.165) is 19.6 Å². The Hall–Kier alpha value is -0.930. The van der Waals surface area contributed by atoms with Gasteiger partial charge in [0.05, 0.1) is 0 Å². The summed E-state index contributed by atoms with van der Waals surface area (Å²) in [7, 11) is 0. The van der Waals surface area contributed by atoms with Crippen LogP contribution in [-0.2, 0) is 6.54 Å². The molecule has 1 aromatic heterocycles. The number of rotatable bonds is 4. The first-order chi connectivity index (χ1) is 9.05. The molecule has 2 atom stereocenters. The molecule has 2 unspecified atom stereocenters. The lowest BCUT2D eigenvalue weighted by molar-refractivity contribution is 0.0316. The van der Waals surface area contributed by atoms with Crippen LogP contribution in [0.4, 0.5) is 0 Å². The molecule has 2 rings (SSSR count). The van der Waals surface area contributed by atoms with Gasteiger partial charge in [-0.25, -0.2) is 0 Å². The van der Waals surface area contributed by atoms with Crippen molar-refractivity contribution in [2.24, 2.45) is 5.92 Å². The molecule has 0 amide bonds. The summed E-state index contributed by atoms with van der Waals surface area (Å²) in [6.07, 6.45) is 5.00. The fourth-order valence-electron chi connectivity index (χ4n) is 2.75. The summed E-state index contributed by atoms with van der Waals surface area (Å²) >= 11 is 0. The van der Waals surface area contributed by atoms with Crippen molar-refractivity contribution in [2.75, 3.05) is 13.1 Å². The van der Waals surface area contributed by atoms with Gasteiger partial charge in [-0.15, -0.1) is 0 Å². The molecule has 1 aromatic rings. The monoisotopic (exact) mass is 261 g/mol. The summed E-state index contributed by atoms with van der Waals surface area (Å²) in [6.45, 7) is 12.5. The van der Waals surface area contributed by atoms with Crippen LogP contribution in [-0.4, -0.2) is 34.6 Å². The van der Waals surface area contributed by atoms with E-state index >= 15 is 0 Å². The number of nitrogens with one attached hydrogen (secondary N) is 1. The van der Waals surface area contributed by atoms with Gasteiger partial charge in [0.25, 0.3) is 0 Å². The van der Waals surface area contributed by atoms with E-state index in [1.54, 1.807) is 0 Å². The van der Waals surface area contributed by atoms with Crippen LogP contribution in [0.5, 0.6) is 0 Å². The molecule has 19 heavy (non-hydrogen) atoms. The summed E-state index contributed by atoms with van der Waals surface area (Å²) < 4.78 is 0. The average molecular weight is 261 g/mol. The third-order valence-corrected chi connectivity index (χ3v) is 4.59. The van der Waals surface area contributed by atoms with E-state index in [0.29, 0.717) is 12.0 Å². The van der Waals surface area contributed by atoms with Gasteiger partial charge in [0.2, 0.25) is 0 Å². The second kappa shape index (κ2) is 6.02. The molecular weight excluding hydrogens is 234 g/mol. The zero-order valence-corrected chi connectivity index (χ0v) is 12.7. The van der Waals surface area contributed by atoms with Crippen molar-refractivity contribution >= 4 is 0 Å². The Kier molecular flexibility index (Phi) is 4.58. The minimum absolute atomic E-state index is 0.251. The minimum atomic E-state index is 0.251. The summed E-state index contributed by atoms with van der Waals surface area (Å²) in [4.78, 5) is 6.87. The maximum Gasteiger partial charge on any atom is 0.0312 e. The van der Waals surface area contributed by atoms with Gasteiger partial charge in [-0.05, 0) is 30.9 Å². The zero-order chi connectivity index (χ0) is 13.9. The average Bonchev–Trinajstić information content (AvgIpc) is 2.42. The van der Waals surface area contributed by atoms with E-state index in [-0.39, 0.29) is 5.54 Å². The molecule has 1 fully saturated rings. The Balaban J connectivity index is 2.12. The molecule has 0 saturated carbocycles. The lowest BCUT2D eigenvalue weighted by Crippen LogP contribution is -2.63. The van der Waals surface area contributed by atoms with Gasteiger partial charge in [-0.2, -0.15) is 0 Å². The molecule has 1 N–H and O–H groups in total. The first-order valence-electron chi connectivity index (χ1n) is 7.42. The highest BCUT2D eigenvalue weighted by atomic mass is 15.3. The van der Waals surface area contributed by atoms with Crippen LogP contribution in [0.25, 0.3) is 0 Å². The number of nitrogens with zero attached hydrogens (tertiary/aromatic N) is 2. The van der Waals surface area contributed by atoms with Crippen molar-refractivity contribution in [3.05, 3.63) is 30.1 Å². The van der Waals surface area contributed by atoms with Gasteiger partial charge in [0, 0.05) is 43.6 Å². The van der Waals surface area contributed by atoms with Crippen molar-refractivity contribution in [1.82, 2.24) is 15.2 Å². The quantitative estimate of drug-likeness (QED) is 0.903. The Morgan fingerprint density at radius 1 is 1.53 bits per heavy atom. The second-order valence-electron chi connectivity index (χ2n) is 6.32. The standard InChI is InChI=1S/C16H27N3/c1-5-16(4)12-18-15(13(2)3)11-19(16)10-14-7-6-8-17-9-14/h6-9,13,15,18H,5,10-12H2,1-4H3. The molecule has 0 aliphatic carbocycles. The predicted octanol–water partition coefficient (Wildman–Crippen LogP) is 2.68. The smallest absolute Gasteiger partial charge is 0.0312 e. The van der Waals surface area contributed by atoms with Crippen LogP contribution in [0, 0.1) is 5.92 Å². The number of hydrogen-bond donors (Lipinski definition) is 1. The number of pyridine rings is 1. The third kappa shape index (κ3) is 3.34. The van der Waals surface area contributed by atoms with Crippen molar-refractivity contribution in [3.8, 4) is 0 Å². The van der Waals surface area contributed by atoms with Crippen LogP contribution in [0.2, 0.25) is 0 Å². The van der Waals surface area contributed by atoms with Gasteiger partial charge < -0.3 is 5.32 Å². The highest BCUT2D eigenvalue weighted by molar-refractivity contribution is 5.10. The maximum absolute atomic E-state index is 4.24. The maximum atomic E-state index is 4.24. The molecular formula is C16H27N3. The first-order valence-corrected chi connectivity index (χ1v) is 7.42. The van der Waals surface area contributed by atoms with Gasteiger partial charge in [-0.3, -0.25) is 9.88 Å². The first kappa shape index (κ1) is 14.5. The van der Waals surface area contributed by atoms with E-state index in [1.165, 1.54) is 12.0 Å². The zero-order valence-electron chi connectivity index (χ0n) is 12.7. The van der Waals surface area contributed by atoms with E-state index in [1.807, 2.05) is 18.5 Å². The van der Waals surface area contributed by atoms with Gasteiger partial charge in [-0.1, -0.05) is 26.8 Å². The topological polar surface area (TPSA) is 28.2 Å². The largest absolute Gasteiger partial charge is 0.311 e. The SMILES string of the molecule is CCC1(C)CNC(C(C)C)CN1Cc1cccnc1. The Morgan fingerprint density at radius 3 is 2.89 bits per heavy atom. The van der Waals surface area contributed by atoms with Gasteiger partial charge in [0.1, 0.15) is 0 Å². The Morgan fingerprint density at radius 2 is 2.32 bits per heavy atom. The van der Waals surface area contributed by atoms with E-state index in [9.17, 15) is 0 Å². The summed E-state index contributed by atoms with van der Waals surface area (Å²) in [6, 6.07) is 4.80. The molecule has 1 saturated heterocycles. The number of piperazine rings is 1. The molecule has 0 spiro atoms. The highest BCUT2D eigenvalue weighted by Crippen LogP contribution is 2.26. The summed E-state index contributed by atoms with van der Waals surface area (Å²) in [5.41, 5.74) is 1.56. The molecule has 0 radical (unpaired) electrons. The fraction of sp³-hybridized carbons (Fsp3) is 0.688. The second-order valence-corrected chi connectivity index (χ2v) is 6.32. The van der Waals surface area contributed by atoms with Gasteiger partial charge >= 0.3 is 0 Å². The number of aromatic nitrogens is 1. The van der Waals surface area contributed by atoms with Gasteiger partial charge in [0.15, 0.2) is 0 Å². The third-order valence-electron chi connectivity index (χ3n) is 4.59. The molecule has 1 aliphatic rings. The number of hydrogen-bond acceptors (Lipinski definition) is 3. The minimum Gasteiger partial charge on any atom is -0.311 e. The molecule has 1 aliphatic heterocycles. The van der Waals surface area contributed by atoms with Crippen molar-refractivity contribution in [2.45, 2.75) is 52.2 Å². The lowest BCUT2D eigenvalue weighted by atomic mass is 9.89. The molecule has 106 valence electrons. The normalized spacial score (nSPS) is 28.8. The van der Waals surface area contributed by atoms with Crippen LogP contribution < -0.4 is 5.32 Å². The van der Waals surface area contributed by atoms with Crippen molar-refractivity contribution < 1.29 is 0 Å². The van der Waals surface area contributed by atoms with E-state index in [2.05, 4.69) is 49.0 Å². The molecule has 3 nitrogen and oxygen atoms in total. The lowest BCUT2D eigenvalue weighted by Gasteiger charge is -2.49. The van der Waals surface area contributed by atoms with Crippen LogP contribution in [0.1, 0.15) is 39.7 Å². The van der Waals surface area contributed by atoms with Crippen molar-refractivity contribution in [3.63, 3.8) is 0 Å².